The van der Waals surface area contributed by atoms with Crippen LogP contribution in [0.4, 0.5) is 5.82 Å². The number of amides is 1. The summed E-state index contributed by atoms with van der Waals surface area (Å²) in [6, 6.07) is 3.67. The molecule has 0 radical (unpaired) electrons. The fraction of sp³-hybridized carbons (Fsp3) is 0.571. The molecule has 2 rings (SSSR count). The lowest BCUT2D eigenvalue weighted by atomic mass is 10.00. The van der Waals surface area contributed by atoms with E-state index in [0.717, 1.165) is 25.5 Å². The standard InChI is InChI=1S/C14H22N4O/c1-18(2)13-6-5-12(10-16-13)14(19)17-9-11-4-3-7-15-8-11/h5-6,10-11,15H,3-4,7-9H2,1-2H3,(H,17,19). The number of hydrogen-bond donors (Lipinski definition) is 2. The van der Waals surface area contributed by atoms with E-state index in [9.17, 15) is 4.79 Å². The number of nitrogens with zero attached hydrogens (tertiary/aromatic N) is 2. The Morgan fingerprint density at radius 3 is 2.95 bits per heavy atom. The maximum absolute atomic E-state index is 12.0. The molecule has 0 aromatic carbocycles. The van der Waals surface area contributed by atoms with Crippen LogP contribution in [0.25, 0.3) is 0 Å². The lowest BCUT2D eigenvalue weighted by molar-refractivity contribution is 0.0944. The van der Waals surface area contributed by atoms with Gasteiger partial charge in [-0.25, -0.2) is 4.98 Å². The molecular weight excluding hydrogens is 240 g/mol. The van der Waals surface area contributed by atoms with Gasteiger partial charge in [0, 0.05) is 26.8 Å². The van der Waals surface area contributed by atoms with Crippen molar-refractivity contribution in [2.45, 2.75) is 12.8 Å². The number of piperidine rings is 1. The normalized spacial score (nSPS) is 18.9. The van der Waals surface area contributed by atoms with Gasteiger partial charge in [-0.05, 0) is 44.0 Å². The molecule has 5 heteroatoms. The van der Waals surface area contributed by atoms with Gasteiger partial charge >= 0.3 is 0 Å². The molecule has 0 saturated carbocycles. The molecule has 1 atom stereocenters. The number of rotatable bonds is 4. The fourth-order valence-electron chi connectivity index (χ4n) is 2.22. The van der Waals surface area contributed by atoms with Crippen LogP contribution in [-0.4, -0.2) is 44.6 Å². The van der Waals surface area contributed by atoms with Gasteiger partial charge in [0.05, 0.1) is 5.56 Å². The zero-order valence-electron chi connectivity index (χ0n) is 11.6. The van der Waals surface area contributed by atoms with Gasteiger partial charge in [0.15, 0.2) is 0 Å². The average molecular weight is 262 g/mol. The van der Waals surface area contributed by atoms with Crippen LogP contribution in [-0.2, 0) is 0 Å². The molecule has 0 spiro atoms. The molecule has 2 heterocycles. The minimum absolute atomic E-state index is 0.0385. The number of nitrogens with one attached hydrogen (secondary N) is 2. The highest BCUT2D eigenvalue weighted by Gasteiger charge is 2.14. The predicted octanol–water partition coefficient (Wildman–Crippen LogP) is 0.877. The van der Waals surface area contributed by atoms with E-state index in [1.807, 2.05) is 31.1 Å². The summed E-state index contributed by atoms with van der Waals surface area (Å²) >= 11 is 0. The lowest BCUT2D eigenvalue weighted by Gasteiger charge is -2.22. The minimum atomic E-state index is -0.0385. The highest BCUT2D eigenvalue weighted by Crippen LogP contribution is 2.10. The van der Waals surface area contributed by atoms with E-state index in [4.69, 9.17) is 0 Å². The van der Waals surface area contributed by atoms with Crippen LogP contribution < -0.4 is 15.5 Å². The molecular formula is C14H22N4O. The Labute approximate surface area is 114 Å². The molecule has 1 aromatic rings. The van der Waals surface area contributed by atoms with Gasteiger partial charge in [0.1, 0.15) is 5.82 Å². The van der Waals surface area contributed by atoms with Crippen molar-refractivity contribution in [3.63, 3.8) is 0 Å². The maximum atomic E-state index is 12.0. The Morgan fingerprint density at radius 1 is 1.53 bits per heavy atom. The second-order valence-electron chi connectivity index (χ2n) is 5.22. The monoisotopic (exact) mass is 262 g/mol. The van der Waals surface area contributed by atoms with Crippen LogP contribution in [0.1, 0.15) is 23.2 Å². The van der Waals surface area contributed by atoms with Crippen LogP contribution in [0, 0.1) is 5.92 Å². The highest BCUT2D eigenvalue weighted by molar-refractivity contribution is 5.94. The van der Waals surface area contributed by atoms with Gasteiger partial charge in [0.2, 0.25) is 0 Å². The Morgan fingerprint density at radius 2 is 2.37 bits per heavy atom. The molecule has 0 bridgehead atoms. The SMILES string of the molecule is CN(C)c1ccc(C(=O)NCC2CCCNC2)cn1. The van der Waals surface area contributed by atoms with Crippen LogP contribution in [0.5, 0.6) is 0 Å². The first-order valence-electron chi connectivity index (χ1n) is 6.79. The third-order valence-corrected chi connectivity index (χ3v) is 3.42. The van der Waals surface area contributed by atoms with Crippen molar-refractivity contribution in [3.05, 3.63) is 23.9 Å². The van der Waals surface area contributed by atoms with E-state index in [1.54, 1.807) is 6.20 Å². The molecule has 104 valence electrons. The zero-order chi connectivity index (χ0) is 13.7. The molecule has 1 saturated heterocycles. The first-order valence-corrected chi connectivity index (χ1v) is 6.79. The minimum Gasteiger partial charge on any atom is -0.363 e. The largest absolute Gasteiger partial charge is 0.363 e. The van der Waals surface area contributed by atoms with Crippen LogP contribution in [0.15, 0.2) is 18.3 Å². The van der Waals surface area contributed by atoms with Gasteiger partial charge in [0.25, 0.3) is 5.91 Å². The molecule has 1 aromatic heterocycles. The molecule has 0 aliphatic carbocycles. The van der Waals surface area contributed by atoms with Crippen molar-refractivity contribution in [2.24, 2.45) is 5.92 Å². The number of carbonyl (C=O) groups excluding carboxylic acids is 1. The molecule has 1 fully saturated rings. The van der Waals surface area contributed by atoms with E-state index in [2.05, 4.69) is 15.6 Å². The van der Waals surface area contributed by atoms with E-state index < -0.39 is 0 Å². The summed E-state index contributed by atoms with van der Waals surface area (Å²) in [4.78, 5) is 18.1. The van der Waals surface area contributed by atoms with Crippen molar-refractivity contribution >= 4 is 11.7 Å². The van der Waals surface area contributed by atoms with Crippen LogP contribution in [0.3, 0.4) is 0 Å². The molecule has 5 nitrogen and oxygen atoms in total. The molecule has 19 heavy (non-hydrogen) atoms. The fourth-order valence-corrected chi connectivity index (χ4v) is 2.22. The van der Waals surface area contributed by atoms with Crippen LogP contribution in [0.2, 0.25) is 0 Å². The third kappa shape index (κ3) is 3.92. The average Bonchev–Trinajstić information content (AvgIpc) is 2.46. The first kappa shape index (κ1) is 13.8. The van der Waals surface area contributed by atoms with Gasteiger partial charge in [-0.1, -0.05) is 0 Å². The summed E-state index contributed by atoms with van der Waals surface area (Å²) in [5.41, 5.74) is 0.620. The Kier molecular flexibility index (Phi) is 4.74. The number of anilines is 1. The Balaban J connectivity index is 1.85. The Hall–Kier alpha value is -1.62. The van der Waals surface area contributed by atoms with E-state index in [0.29, 0.717) is 11.5 Å². The summed E-state index contributed by atoms with van der Waals surface area (Å²) in [5, 5.41) is 6.33. The van der Waals surface area contributed by atoms with Crippen molar-refractivity contribution < 1.29 is 4.79 Å². The van der Waals surface area contributed by atoms with Crippen LogP contribution >= 0.6 is 0 Å². The second kappa shape index (κ2) is 6.52. The van der Waals surface area contributed by atoms with Crippen molar-refractivity contribution in [3.8, 4) is 0 Å². The zero-order valence-corrected chi connectivity index (χ0v) is 11.6. The topological polar surface area (TPSA) is 57.3 Å². The van der Waals surface area contributed by atoms with Gasteiger partial charge in [-0.3, -0.25) is 4.79 Å². The molecule has 2 N–H and O–H groups in total. The quantitative estimate of drug-likeness (QED) is 0.845. The summed E-state index contributed by atoms with van der Waals surface area (Å²) in [6.07, 6.45) is 4.01. The highest BCUT2D eigenvalue weighted by atomic mass is 16.1. The number of hydrogen-bond acceptors (Lipinski definition) is 4. The van der Waals surface area contributed by atoms with Gasteiger partial charge < -0.3 is 15.5 Å². The maximum Gasteiger partial charge on any atom is 0.252 e. The summed E-state index contributed by atoms with van der Waals surface area (Å²) in [5.74, 6) is 1.36. The molecule has 1 aliphatic heterocycles. The Bertz CT molecular complexity index is 410. The van der Waals surface area contributed by atoms with E-state index in [-0.39, 0.29) is 5.91 Å². The summed E-state index contributed by atoms with van der Waals surface area (Å²) in [7, 11) is 3.86. The van der Waals surface area contributed by atoms with E-state index in [1.165, 1.54) is 12.8 Å². The van der Waals surface area contributed by atoms with Crippen molar-refractivity contribution in [2.75, 3.05) is 38.6 Å². The molecule has 1 amide bonds. The van der Waals surface area contributed by atoms with Gasteiger partial charge in [-0.15, -0.1) is 0 Å². The lowest BCUT2D eigenvalue weighted by Crippen LogP contribution is -2.38. The smallest absolute Gasteiger partial charge is 0.252 e. The van der Waals surface area contributed by atoms with Crippen molar-refractivity contribution in [1.82, 2.24) is 15.6 Å². The number of pyridine rings is 1. The third-order valence-electron chi connectivity index (χ3n) is 3.42. The number of aromatic nitrogens is 1. The number of carbonyl (C=O) groups is 1. The molecule has 1 aliphatic rings. The first-order chi connectivity index (χ1) is 9.16. The second-order valence-corrected chi connectivity index (χ2v) is 5.22. The summed E-state index contributed by atoms with van der Waals surface area (Å²) in [6.45, 7) is 2.83. The summed E-state index contributed by atoms with van der Waals surface area (Å²) < 4.78 is 0. The van der Waals surface area contributed by atoms with Gasteiger partial charge in [-0.2, -0.15) is 0 Å². The van der Waals surface area contributed by atoms with E-state index >= 15 is 0 Å². The predicted molar refractivity (Wildman–Crippen MR) is 76.5 cm³/mol. The van der Waals surface area contributed by atoms with Crippen molar-refractivity contribution in [1.29, 1.82) is 0 Å². The molecule has 1 unspecified atom stereocenters.